The molecule has 0 heterocycles. The van der Waals surface area contributed by atoms with Gasteiger partial charge in [-0.05, 0) is 85.1 Å². The summed E-state index contributed by atoms with van der Waals surface area (Å²) in [5, 5.41) is 1.85. The summed E-state index contributed by atoms with van der Waals surface area (Å²) in [6.07, 6.45) is 20.8. The molecule has 2 fully saturated rings. The van der Waals surface area contributed by atoms with E-state index in [1.165, 1.54) is 89.0 Å². The van der Waals surface area contributed by atoms with Gasteiger partial charge < -0.3 is 0 Å². The number of rotatable bonds is 9. The van der Waals surface area contributed by atoms with E-state index in [0.29, 0.717) is 0 Å². The van der Waals surface area contributed by atoms with Crippen molar-refractivity contribution in [3.8, 4) is 0 Å². The molecule has 0 spiro atoms. The zero-order valence-corrected chi connectivity index (χ0v) is 20.7. The predicted molar refractivity (Wildman–Crippen MR) is 137 cm³/mol. The molecule has 0 bridgehead atoms. The van der Waals surface area contributed by atoms with Gasteiger partial charge in [0, 0.05) is 5.39 Å². The number of aryl methyl sites for hydroxylation is 2. The Morgan fingerprint density at radius 3 is 2.03 bits per heavy atom. The summed E-state index contributed by atoms with van der Waals surface area (Å²) in [5.74, 6) is 3.95. The number of hydrogen-bond acceptors (Lipinski definition) is 0. The van der Waals surface area contributed by atoms with Crippen LogP contribution in [0, 0.1) is 29.5 Å². The van der Waals surface area contributed by atoms with Crippen molar-refractivity contribution in [1.82, 2.24) is 0 Å². The fourth-order valence-electron chi connectivity index (χ4n) is 6.77. The van der Waals surface area contributed by atoms with Gasteiger partial charge in [-0.15, -0.1) is 0 Å². The Morgan fingerprint density at radius 2 is 1.41 bits per heavy atom. The Kier molecular flexibility index (Phi) is 8.67. The Balaban J connectivity index is 1.20. The molecule has 0 aromatic heterocycles. The second-order valence-corrected chi connectivity index (χ2v) is 11.0. The van der Waals surface area contributed by atoms with Gasteiger partial charge in [-0.2, -0.15) is 0 Å². The summed E-state index contributed by atoms with van der Waals surface area (Å²) < 4.78 is 14.6. The van der Waals surface area contributed by atoms with Gasteiger partial charge in [0.05, 0.1) is 0 Å². The fraction of sp³-hybridized carbons (Fsp3) is 0.677. The molecule has 2 aliphatic rings. The molecule has 0 nitrogen and oxygen atoms in total. The molecule has 176 valence electrons. The Labute approximate surface area is 196 Å². The summed E-state index contributed by atoms with van der Waals surface area (Å²) >= 11 is 0. The summed E-state index contributed by atoms with van der Waals surface area (Å²) in [4.78, 5) is 0. The molecule has 0 aliphatic heterocycles. The molecule has 2 aromatic rings. The second-order valence-electron chi connectivity index (χ2n) is 11.0. The normalized spacial score (nSPS) is 26.5. The van der Waals surface area contributed by atoms with E-state index in [0.717, 1.165) is 52.8 Å². The third-order valence-electron chi connectivity index (χ3n) is 8.99. The van der Waals surface area contributed by atoms with Gasteiger partial charge in [-0.25, -0.2) is 4.39 Å². The summed E-state index contributed by atoms with van der Waals surface area (Å²) in [6.45, 7) is 4.34. The van der Waals surface area contributed by atoms with E-state index >= 15 is 0 Å². The van der Waals surface area contributed by atoms with Crippen LogP contribution in [0.3, 0.4) is 0 Å². The SMILES string of the molecule is CCCCCC1CCC(C2CCC(CCc3ccc4c(F)c(CC)ccc4c3)CC2)CC1. The highest BCUT2D eigenvalue weighted by Crippen LogP contribution is 2.43. The summed E-state index contributed by atoms with van der Waals surface area (Å²) in [6, 6.07) is 10.5. The highest BCUT2D eigenvalue weighted by Gasteiger charge is 2.30. The number of unbranched alkanes of at least 4 members (excludes halogenated alkanes) is 2. The van der Waals surface area contributed by atoms with Gasteiger partial charge in [-0.1, -0.05) is 95.5 Å². The highest BCUT2D eigenvalue weighted by molar-refractivity contribution is 5.84. The van der Waals surface area contributed by atoms with Gasteiger partial charge in [0.15, 0.2) is 0 Å². The van der Waals surface area contributed by atoms with E-state index in [-0.39, 0.29) is 5.82 Å². The van der Waals surface area contributed by atoms with Crippen LogP contribution >= 0.6 is 0 Å². The van der Waals surface area contributed by atoms with Crippen LogP contribution in [-0.2, 0) is 12.8 Å². The Hall–Kier alpha value is -1.37. The summed E-state index contributed by atoms with van der Waals surface area (Å²) in [7, 11) is 0. The Bertz CT molecular complexity index is 837. The van der Waals surface area contributed by atoms with E-state index in [2.05, 4.69) is 25.1 Å². The number of hydrogen-bond donors (Lipinski definition) is 0. The van der Waals surface area contributed by atoms with Crippen LogP contribution in [0.25, 0.3) is 10.8 Å². The summed E-state index contributed by atoms with van der Waals surface area (Å²) in [5.41, 5.74) is 2.21. The lowest BCUT2D eigenvalue weighted by Gasteiger charge is -2.38. The minimum atomic E-state index is -0.0233. The molecular weight excluding hydrogens is 391 g/mol. The number of halogens is 1. The minimum Gasteiger partial charge on any atom is -0.206 e. The minimum absolute atomic E-state index is 0.0233. The predicted octanol–water partition coefficient (Wildman–Crippen LogP) is 9.67. The topological polar surface area (TPSA) is 0 Å². The van der Waals surface area contributed by atoms with Gasteiger partial charge in [0.25, 0.3) is 0 Å². The van der Waals surface area contributed by atoms with Crippen molar-refractivity contribution in [2.45, 2.75) is 110 Å². The molecule has 0 amide bonds. The van der Waals surface area contributed by atoms with Crippen LogP contribution in [-0.4, -0.2) is 0 Å². The van der Waals surface area contributed by atoms with Crippen molar-refractivity contribution >= 4 is 10.8 Å². The highest BCUT2D eigenvalue weighted by atomic mass is 19.1. The van der Waals surface area contributed by atoms with Gasteiger partial charge in [-0.3, -0.25) is 0 Å². The standard InChI is InChI=1S/C31H45F/c1-3-5-6-7-23-10-15-27(16-11-23)28-17-12-24(13-18-28)8-9-25-14-21-30-29(22-25)20-19-26(4-2)31(30)32/h14,19-24,27-28H,3-13,15-18H2,1-2H3. The third kappa shape index (κ3) is 5.95. The van der Waals surface area contributed by atoms with Gasteiger partial charge in [0.1, 0.15) is 5.82 Å². The van der Waals surface area contributed by atoms with E-state index in [1.807, 2.05) is 19.1 Å². The maximum atomic E-state index is 14.6. The first-order chi connectivity index (χ1) is 15.7. The Morgan fingerprint density at radius 1 is 0.750 bits per heavy atom. The van der Waals surface area contributed by atoms with Crippen molar-refractivity contribution in [3.63, 3.8) is 0 Å². The fourth-order valence-corrected chi connectivity index (χ4v) is 6.77. The van der Waals surface area contributed by atoms with Crippen molar-refractivity contribution in [1.29, 1.82) is 0 Å². The first-order valence-corrected chi connectivity index (χ1v) is 13.9. The molecule has 0 atom stereocenters. The van der Waals surface area contributed by atoms with Crippen LogP contribution in [0.15, 0.2) is 30.3 Å². The lowest BCUT2D eigenvalue weighted by molar-refractivity contribution is 0.140. The molecule has 2 aromatic carbocycles. The molecule has 2 saturated carbocycles. The third-order valence-corrected chi connectivity index (χ3v) is 8.99. The molecule has 1 heteroatoms. The lowest BCUT2D eigenvalue weighted by Crippen LogP contribution is -2.26. The van der Waals surface area contributed by atoms with Crippen molar-refractivity contribution in [3.05, 3.63) is 47.3 Å². The first-order valence-electron chi connectivity index (χ1n) is 13.9. The zero-order chi connectivity index (χ0) is 22.3. The van der Waals surface area contributed by atoms with E-state index < -0.39 is 0 Å². The zero-order valence-electron chi connectivity index (χ0n) is 20.7. The number of benzene rings is 2. The molecule has 0 N–H and O–H groups in total. The molecule has 0 saturated heterocycles. The van der Waals surface area contributed by atoms with Gasteiger partial charge >= 0.3 is 0 Å². The van der Waals surface area contributed by atoms with Crippen LogP contribution < -0.4 is 0 Å². The van der Waals surface area contributed by atoms with Crippen LogP contribution in [0.4, 0.5) is 4.39 Å². The van der Waals surface area contributed by atoms with Crippen LogP contribution in [0.1, 0.15) is 108 Å². The average molecular weight is 437 g/mol. The smallest absolute Gasteiger partial charge is 0.134 e. The largest absolute Gasteiger partial charge is 0.206 e. The van der Waals surface area contributed by atoms with E-state index in [4.69, 9.17) is 0 Å². The maximum absolute atomic E-state index is 14.6. The molecule has 2 aliphatic carbocycles. The van der Waals surface area contributed by atoms with Crippen molar-refractivity contribution in [2.24, 2.45) is 23.7 Å². The van der Waals surface area contributed by atoms with E-state index in [1.54, 1.807) is 0 Å². The first kappa shape index (κ1) is 23.8. The molecule has 0 radical (unpaired) electrons. The maximum Gasteiger partial charge on any atom is 0.134 e. The second kappa shape index (κ2) is 11.7. The average Bonchev–Trinajstić information content (AvgIpc) is 2.84. The van der Waals surface area contributed by atoms with Gasteiger partial charge in [0.2, 0.25) is 0 Å². The molecular formula is C31H45F. The van der Waals surface area contributed by atoms with E-state index in [9.17, 15) is 4.39 Å². The lowest BCUT2D eigenvalue weighted by atomic mass is 9.68. The molecule has 4 rings (SSSR count). The number of fused-ring (bicyclic) bond motifs is 1. The van der Waals surface area contributed by atoms with Crippen LogP contribution in [0.2, 0.25) is 0 Å². The quantitative estimate of drug-likeness (QED) is 0.343. The van der Waals surface area contributed by atoms with Crippen molar-refractivity contribution in [2.75, 3.05) is 0 Å². The molecule has 0 unspecified atom stereocenters. The van der Waals surface area contributed by atoms with Crippen molar-refractivity contribution < 1.29 is 4.39 Å². The molecule has 32 heavy (non-hydrogen) atoms. The van der Waals surface area contributed by atoms with Crippen LogP contribution in [0.5, 0.6) is 0 Å². The monoisotopic (exact) mass is 436 g/mol.